The number of likely N-dealkylation sites (N-methyl/N-ethyl adjacent to an activating group) is 1. The van der Waals surface area contributed by atoms with Crippen LogP contribution in [0.3, 0.4) is 0 Å². The number of halogens is 3. The van der Waals surface area contributed by atoms with Crippen LogP contribution in [-0.4, -0.2) is 56.1 Å². The van der Waals surface area contributed by atoms with Crippen molar-refractivity contribution in [3.05, 3.63) is 22.8 Å². The van der Waals surface area contributed by atoms with E-state index in [1.165, 1.54) is 0 Å². The summed E-state index contributed by atoms with van der Waals surface area (Å²) in [7, 11) is 0. The molecule has 2 rings (SSSR count). The highest BCUT2D eigenvalue weighted by atomic mass is 19.4. The van der Waals surface area contributed by atoms with Crippen molar-refractivity contribution in [3.8, 4) is 0 Å². The zero-order valence-corrected chi connectivity index (χ0v) is 16.1. The Labute approximate surface area is 159 Å². The summed E-state index contributed by atoms with van der Waals surface area (Å²) in [6.45, 7) is 7.57. The summed E-state index contributed by atoms with van der Waals surface area (Å²) in [5.74, 6) is -2.28. The molecular weight excluding hydrogens is 379 g/mol. The van der Waals surface area contributed by atoms with Gasteiger partial charge >= 0.3 is 12.1 Å². The second-order valence-corrected chi connectivity index (χ2v) is 6.13. The molecule has 0 bridgehead atoms. The van der Waals surface area contributed by atoms with Gasteiger partial charge < -0.3 is 9.64 Å². The monoisotopic (exact) mass is 401 g/mol. The molecular formula is C17H22F3N5O3. The largest absolute Gasteiger partial charge is 0.456 e. The number of rotatable bonds is 7. The molecule has 0 saturated carbocycles. The number of aromatic nitrogens is 4. The molecule has 2 aromatic heterocycles. The van der Waals surface area contributed by atoms with Crippen molar-refractivity contribution in [2.24, 2.45) is 0 Å². The van der Waals surface area contributed by atoms with Crippen LogP contribution >= 0.6 is 0 Å². The molecule has 154 valence electrons. The fourth-order valence-corrected chi connectivity index (χ4v) is 2.80. The van der Waals surface area contributed by atoms with E-state index in [2.05, 4.69) is 15.1 Å². The minimum atomic E-state index is -4.67. The normalized spacial score (nSPS) is 11.7. The van der Waals surface area contributed by atoms with Gasteiger partial charge in [0.1, 0.15) is 0 Å². The number of aryl methyl sites for hydroxylation is 2. The second-order valence-electron chi connectivity index (χ2n) is 6.13. The summed E-state index contributed by atoms with van der Waals surface area (Å²) in [6, 6.07) is 0. The van der Waals surface area contributed by atoms with Gasteiger partial charge in [-0.25, -0.2) is 9.50 Å². The van der Waals surface area contributed by atoms with Gasteiger partial charge in [-0.3, -0.25) is 9.59 Å². The third-order valence-electron chi connectivity index (χ3n) is 4.35. The fourth-order valence-electron chi connectivity index (χ4n) is 2.80. The predicted octanol–water partition coefficient (Wildman–Crippen LogP) is 2.10. The summed E-state index contributed by atoms with van der Waals surface area (Å²) in [6.07, 6.45) is -4.52. The highest BCUT2D eigenvalue weighted by Crippen LogP contribution is 2.27. The number of hydrogen-bond donors (Lipinski definition) is 0. The molecule has 0 N–H and O–H groups in total. The van der Waals surface area contributed by atoms with E-state index in [1.807, 2.05) is 13.8 Å². The molecule has 8 nitrogen and oxygen atoms in total. The fraction of sp³-hybridized carbons (Fsp3) is 0.588. The molecule has 0 aromatic carbocycles. The number of hydrogen-bond acceptors (Lipinski definition) is 6. The number of alkyl halides is 3. The molecule has 0 atom stereocenters. The van der Waals surface area contributed by atoms with Crippen LogP contribution in [0, 0.1) is 13.8 Å². The van der Waals surface area contributed by atoms with Gasteiger partial charge in [0.05, 0.1) is 0 Å². The lowest BCUT2D eigenvalue weighted by atomic mass is 10.1. The molecule has 0 aliphatic carbocycles. The third kappa shape index (κ3) is 4.76. The van der Waals surface area contributed by atoms with Gasteiger partial charge in [-0.1, -0.05) is 0 Å². The zero-order chi connectivity index (χ0) is 21.1. The van der Waals surface area contributed by atoms with Crippen LogP contribution in [0.5, 0.6) is 0 Å². The maximum atomic E-state index is 12.8. The number of esters is 1. The van der Waals surface area contributed by atoms with Crippen molar-refractivity contribution in [1.82, 2.24) is 24.5 Å². The first-order valence-corrected chi connectivity index (χ1v) is 8.81. The maximum absolute atomic E-state index is 12.8. The average molecular weight is 401 g/mol. The molecule has 0 spiro atoms. The Morgan fingerprint density at radius 2 is 1.79 bits per heavy atom. The van der Waals surface area contributed by atoms with Crippen molar-refractivity contribution in [2.45, 2.75) is 46.7 Å². The lowest BCUT2D eigenvalue weighted by Gasteiger charge is -2.18. The molecule has 28 heavy (non-hydrogen) atoms. The van der Waals surface area contributed by atoms with E-state index in [0.29, 0.717) is 30.0 Å². The van der Waals surface area contributed by atoms with Gasteiger partial charge in [0, 0.05) is 30.9 Å². The van der Waals surface area contributed by atoms with Gasteiger partial charge in [0.15, 0.2) is 6.61 Å². The Morgan fingerprint density at radius 1 is 1.14 bits per heavy atom. The van der Waals surface area contributed by atoms with Crippen LogP contribution in [0.15, 0.2) is 0 Å². The van der Waals surface area contributed by atoms with Gasteiger partial charge in [-0.2, -0.15) is 18.2 Å². The Bertz CT molecular complexity index is 875. The molecule has 0 unspecified atom stereocenters. The van der Waals surface area contributed by atoms with E-state index in [9.17, 15) is 22.8 Å². The van der Waals surface area contributed by atoms with Crippen LogP contribution in [0.1, 0.15) is 43.0 Å². The molecule has 0 aliphatic heterocycles. The SMILES string of the molecule is CCN(CC)C(=O)COC(=O)CCc1c(C)nc2nc(C(F)(F)F)nn2c1C. The van der Waals surface area contributed by atoms with Gasteiger partial charge in [-0.05, 0) is 39.7 Å². The van der Waals surface area contributed by atoms with Crippen molar-refractivity contribution in [3.63, 3.8) is 0 Å². The summed E-state index contributed by atoms with van der Waals surface area (Å²) >= 11 is 0. The maximum Gasteiger partial charge on any atom is 0.453 e. The smallest absolute Gasteiger partial charge is 0.453 e. The highest BCUT2D eigenvalue weighted by Gasteiger charge is 2.37. The summed E-state index contributed by atoms with van der Waals surface area (Å²) in [4.78, 5) is 32.8. The molecule has 2 heterocycles. The van der Waals surface area contributed by atoms with E-state index < -0.39 is 18.0 Å². The minimum absolute atomic E-state index is 0.0405. The lowest BCUT2D eigenvalue weighted by Crippen LogP contribution is -2.34. The van der Waals surface area contributed by atoms with Crippen LogP contribution < -0.4 is 0 Å². The number of amides is 1. The topological polar surface area (TPSA) is 89.7 Å². The molecule has 11 heteroatoms. The van der Waals surface area contributed by atoms with E-state index in [0.717, 1.165) is 4.52 Å². The highest BCUT2D eigenvalue weighted by molar-refractivity contribution is 5.80. The number of carbonyl (C=O) groups excluding carboxylic acids is 2. The lowest BCUT2D eigenvalue weighted by molar-refractivity contribution is -0.151. The first-order valence-electron chi connectivity index (χ1n) is 8.81. The van der Waals surface area contributed by atoms with Crippen LogP contribution in [-0.2, 0) is 26.9 Å². The standard InChI is InChI=1S/C17H22F3N5O3/c1-5-24(6-2)13(26)9-28-14(27)8-7-12-10(3)21-16-22-15(17(18,19)20)23-25(16)11(12)4/h5-9H2,1-4H3. The van der Waals surface area contributed by atoms with Crippen LogP contribution in [0.2, 0.25) is 0 Å². The van der Waals surface area contributed by atoms with E-state index in [-0.39, 0.29) is 31.1 Å². The first-order chi connectivity index (χ1) is 13.1. The van der Waals surface area contributed by atoms with Crippen molar-refractivity contribution >= 4 is 17.7 Å². The Kier molecular flexibility index (Phi) is 6.57. The molecule has 2 aromatic rings. The molecule has 0 saturated heterocycles. The molecule has 0 radical (unpaired) electrons. The third-order valence-corrected chi connectivity index (χ3v) is 4.35. The minimum Gasteiger partial charge on any atom is -0.456 e. The van der Waals surface area contributed by atoms with E-state index >= 15 is 0 Å². The molecule has 0 aliphatic rings. The van der Waals surface area contributed by atoms with Gasteiger partial charge in [-0.15, -0.1) is 5.10 Å². The van der Waals surface area contributed by atoms with E-state index in [1.54, 1.807) is 18.7 Å². The van der Waals surface area contributed by atoms with Crippen LogP contribution in [0.4, 0.5) is 13.2 Å². The van der Waals surface area contributed by atoms with E-state index in [4.69, 9.17) is 4.74 Å². The second kappa shape index (κ2) is 8.53. The summed E-state index contributed by atoms with van der Waals surface area (Å²) < 4.78 is 44.4. The number of nitrogens with zero attached hydrogens (tertiary/aromatic N) is 5. The first kappa shape index (κ1) is 21.6. The molecule has 0 fully saturated rings. The van der Waals surface area contributed by atoms with Gasteiger partial charge in [0.25, 0.3) is 17.5 Å². The van der Waals surface area contributed by atoms with Crippen molar-refractivity contribution in [1.29, 1.82) is 0 Å². The Hall–Kier alpha value is -2.72. The van der Waals surface area contributed by atoms with Crippen LogP contribution in [0.25, 0.3) is 5.78 Å². The van der Waals surface area contributed by atoms with Gasteiger partial charge in [0.2, 0.25) is 0 Å². The predicted molar refractivity (Wildman–Crippen MR) is 92.5 cm³/mol. The average Bonchev–Trinajstić information content (AvgIpc) is 3.05. The molecule has 1 amide bonds. The Morgan fingerprint density at radius 3 is 2.36 bits per heavy atom. The Balaban J connectivity index is 2.07. The quantitative estimate of drug-likeness (QED) is 0.660. The zero-order valence-electron chi connectivity index (χ0n) is 16.1. The number of ether oxygens (including phenoxy) is 1. The van der Waals surface area contributed by atoms with Crippen molar-refractivity contribution in [2.75, 3.05) is 19.7 Å². The number of carbonyl (C=O) groups is 2. The summed E-state index contributed by atoms with van der Waals surface area (Å²) in [5, 5.41) is 3.46. The van der Waals surface area contributed by atoms with Crippen molar-refractivity contribution < 1.29 is 27.5 Å². The number of fused-ring (bicyclic) bond motifs is 1. The summed E-state index contributed by atoms with van der Waals surface area (Å²) in [5.41, 5.74) is 1.45.